The summed E-state index contributed by atoms with van der Waals surface area (Å²) >= 11 is 0. The van der Waals surface area contributed by atoms with Crippen LogP contribution in [0.25, 0.3) is 10.9 Å². The third-order valence-corrected chi connectivity index (χ3v) is 4.27. The summed E-state index contributed by atoms with van der Waals surface area (Å²) in [6, 6.07) is 15.2. The molecule has 0 fully saturated rings. The van der Waals surface area contributed by atoms with Crippen LogP contribution in [0.1, 0.15) is 27.9 Å². The predicted molar refractivity (Wildman–Crippen MR) is 98.3 cm³/mol. The molecule has 0 radical (unpaired) electrons. The van der Waals surface area contributed by atoms with Gasteiger partial charge < -0.3 is 16.0 Å². The van der Waals surface area contributed by atoms with E-state index in [1.807, 2.05) is 36.5 Å². The van der Waals surface area contributed by atoms with Crippen molar-refractivity contribution in [3.8, 4) is 0 Å². The average molecular weight is 335 g/mol. The van der Waals surface area contributed by atoms with Crippen LogP contribution in [-0.4, -0.2) is 23.3 Å². The van der Waals surface area contributed by atoms with Gasteiger partial charge in [-0.2, -0.15) is 0 Å². The minimum Gasteiger partial charge on any atom is -0.366 e. The van der Waals surface area contributed by atoms with Gasteiger partial charge in [0.15, 0.2) is 0 Å². The summed E-state index contributed by atoms with van der Waals surface area (Å²) in [7, 11) is 0. The molecule has 4 N–H and O–H groups in total. The fourth-order valence-corrected chi connectivity index (χ4v) is 2.86. The Kier molecular flexibility index (Phi) is 5.14. The number of aromatic amines is 1. The molecule has 0 saturated carbocycles. The molecule has 0 aliphatic heterocycles. The Hall–Kier alpha value is -3.08. The maximum absolute atomic E-state index is 12.0. The monoisotopic (exact) mass is 335 g/mol. The van der Waals surface area contributed by atoms with Crippen molar-refractivity contribution in [3.05, 3.63) is 71.4 Å². The van der Waals surface area contributed by atoms with E-state index in [1.54, 1.807) is 12.1 Å². The van der Waals surface area contributed by atoms with E-state index in [1.165, 1.54) is 5.39 Å². The summed E-state index contributed by atoms with van der Waals surface area (Å²) in [5.41, 5.74) is 9.02. The van der Waals surface area contributed by atoms with Crippen molar-refractivity contribution < 1.29 is 9.59 Å². The number of fused-ring (bicyclic) bond motifs is 1. The van der Waals surface area contributed by atoms with Gasteiger partial charge in [-0.25, -0.2) is 0 Å². The Morgan fingerprint density at radius 1 is 1.00 bits per heavy atom. The van der Waals surface area contributed by atoms with Gasteiger partial charge in [-0.3, -0.25) is 9.59 Å². The van der Waals surface area contributed by atoms with Gasteiger partial charge in [0.1, 0.15) is 0 Å². The Morgan fingerprint density at radius 3 is 2.52 bits per heavy atom. The molecule has 25 heavy (non-hydrogen) atoms. The second kappa shape index (κ2) is 7.66. The van der Waals surface area contributed by atoms with Gasteiger partial charge in [0.25, 0.3) is 0 Å². The first-order chi connectivity index (χ1) is 12.1. The van der Waals surface area contributed by atoms with Gasteiger partial charge in [0, 0.05) is 35.6 Å². The zero-order chi connectivity index (χ0) is 17.6. The molecule has 1 heterocycles. The summed E-state index contributed by atoms with van der Waals surface area (Å²) in [5, 5.41) is 4.11. The van der Waals surface area contributed by atoms with Crippen LogP contribution < -0.4 is 11.1 Å². The molecule has 0 unspecified atom stereocenters. The highest BCUT2D eigenvalue weighted by Gasteiger charge is 2.06. The number of para-hydroxylation sites is 1. The van der Waals surface area contributed by atoms with Crippen LogP contribution in [-0.2, 0) is 17.6 Å². The number of primary amides is 1. The highest BCUT2D eigenvalue weighted by atomic mass is 16.1. The summed E-state index contributed by atoms with van der Waals surface area (Å²) in [6.07, 6.45) is 3.86. The molecular formula is C20H21N3O2. The minimum atomic E-state index is -0.433. The Balaban J connectivity index is 1.44. The number of amides is 2. The largest absolute Gasteiger partial charge is 0.366 e. The van der Waals surface area contributed by atoms with Crippen molar-refractivity contribution in [1.29, 1.82) is 0 Å². The third-order valence-electron chi connectivity index (χ3n) is 4.27. The van der Waals surface area contributed by atoms with E-state index in [9.17, 15) is 9.59 Å². The molecule has 3 rings (SSSR count). The lowest BCUT2D eigenvalue weighted by Gasteiger charge is -2.06. The molecular weight excluding hydrogens is 314 g/mol. The highest BCUT2D eigenvalue weighted by molar-refractivity contribution is 5.92. The van der Waals surface area contributed by atoms with Gasteiger partial charge in [0.05, 0.1) is 0 Å². The van der Waals surface area contributed by atoms with Crippen molar-refractivity contribution in [2.75, 3.05) is 6.54 Å². The van der Waals surface area contributed by atoms with Gasteiger partial charge in [0.2, 0.25) is 11.8 Å². The van der Waals surface area contributed by atoms with Crippen LogP contribution in [0.2, 0.25) is 0 Å². The summed E-state index contributed by atoms with van der Waals surface area (Å²) in [4.78, 5) is 26.3. The average Bonchev–Trinajstić information content (AvgIpc) is 3.03. The van der Waals surface area contributed by atoms with Crippen molar-refractivity contribution in [2.45, 2.75) is 19.3 Å². The van der Waals surface area contributed by atoms with Crippen LogP contribution in [0.5, 0.6) is 0 Å². The summed E-state index contributed by atoms with van der Waals surface area (Å²) < 4.78 is 0. The highest BCUT2D eigenvalue weighted by Crippen LogP contribution is 2.18. The molecule has 0 saturated heterocycles. The zero-order valence-electron chi connectivity index (χ0n) is 13.9. The summed E-state index contributed by atoms with van der Waals surface area (Å²) in [6.45, 7) is 0.572. The van der Waals surface area contributed by atoms with Gasteiger partial charge in [-0.1, -0.05) is 30.3 Å². The van der Waals surface area contributed by atoms with E-state index in [2.05, 4.69) is 16.4 Å². The van der Waals surface area contributed by atoms with Crippen LogP contribution in [0, 0.1) is 0 Å². The number of H-pyrrole nitrogens is 1. The molecule has 0 spiro atoms. The molecule has 0 atom stereocenters. The number of benzene rings is 2. The molecule has 0 aliphatic carbocycles. The Labute approximate surface area is 146 Å². The predicted octanol–water partition coefficient (Wildman–Crippen LogP) is 2.56. The number of hydrogen-bond donors (Lipinski definition) is 3. The topological polar surface area (TPSA) is 88.0 Å². The normalized spacial score (nSPS) is 10.7. The molecule has 3 aromatic rings. The van der Waals surface area contributed by atoms with Crippen LogP contribution >= 0.6 is 0 Å². The fraction of sp³-hybridized carbons (Fsp3) is 0.200. The van der Waals surface area contributed by atoms with Crippen LogP contribution in [0.3, 0.4) is 0 Å². The maximum atomic E-state index is 12.0. The Morgan fingerprint density at radius 2 is 1.76 bits per heavy atom. The lowest BCUT2D eigenvalue weighted by atomic mass is 10.1. The summed E-state index contributed by atoms with van der Waals surface area (Å²) in [5.74, 6) is -0.392. The standard InChI is InChI=1S/C20H21N3O2/c21-20(25)15-7-5-14(6-8-15)11-12-22-19(24)10-9-16-13-23-18-4-2-1-3-17(16)18/h1-8,13,23H,9-12H2,(H2,21,25)(H,22,24). The molecule has 2 aromatic carbocycles. The van der Waals surface area contributed by atoms with Crippen molar-refractivity contribution in [3.63, 3.8) is 0 Å². The van der Waals surface area contributed by atoms with Gasteiger partial charge in [-0.15, -0.1) is 0 Å². The number of rotatable bonds is 7. The van der Waals surface area contributed by atoms with E-state index < -0.39 is 5.91 Å². The molecule has 128 valence electrons. The molecule has 5 nitrogen and oxygen atoms in total. The van der Waals surface area contributed by atoms with E-state index in [4.69, 9.17) is 5.73 Å². The first-order valence-corrected chi connectivity index (χ1v) is 8.34. The molecule has 2 amide bonds. The quantitative estimate of drug-likeness (QED) is 0.619. The van der Waals surface area contributed by atoms with Crippen LogP contribution in [0.4, 0.5) is 0 Å². The fourth-order valence-electron chi connectivity index (χ4n) is 2.86. The number of nitrogens with one attached hydrogen (secondary N) is 2. The lowest BCUT2D eigenvalue weighted by Crippen LogP contribution is -2.25. The van der Waals surface area contributed by atoms with E-state index in [0.29, 0.717) is 24.9 Å². The first-order valence-electron chi connectivity index (χ1n) is 8.34. The van der Waals surface area contributed by atoms with E-state index in [0.717, 1.165) is 23.1 Å². The van der Waals surface area contributed by atoms with E-state index in [-0.39, 0.29) is 5.91 Å². The maximum Gasteiger partial charge on any atom is 0.248 e. The number of hydrogen-bond acceptors (Lipinski definition) is 2. The molecule has 0 bridgehead atoms. The van der Waals surface area contributed by atoms with Gasteiger partial charge in [-0.05, 0) is 42.2 Å². The number of nitrogens with two attached hydrogens (primary N) is 1. The Bertz CT molecular complexity index is 881. The molecule has 5 heteroatoms. The lowest BCUT2D eigenvalue weighted by molar-refractivity contribution is -0.121. The number of aryl methyl sites for hydroxylation is 1. The minimum absolute atomic E-state index is 0.0408. The zero-order valence-corrected chi connectivity index (χ0v) is 13.9. The first kappa shape index (κ1) is 16.8. The number of carbonyl (C=O) groups excluding carboxylic acids is 2. The van der Waals surface area contributed by atoms with Crippen molar-refractivity contribution in [2.24, 2.45) is 5.73 Å². The smallest absolute Gasteiger partial charge is 0.248 e. The van der Waals surface area contributed by atoms with E-state index >= 15 is 0 Å². The molecule has 1 aromatic heterocycles. The van der Waals surface area contributed by atoms with Gasteiger partial charge >= 0.3 is 0 Å². The number of carbonyl (C=O) groups is 2. The van der Waals surface area contributed by atoms with Crippen molar-refractivity contribution >= 4 is 22.7 Å². The second-order valence-electron chi connectivity index (χ2n) is 6.02. The molecule has 0 aliphatic rings. The third kappa shape index (κ3) is 4.26. The van der Waals surface area contributed by atoms with Crippen LogP contribution in [0.15, 0.2) is 54.7 Å². The van der Waals surface area contributed by atoms with Crippen molar-refractivity contribution in [1.82, 2.24) is 10.3 Å². The number of aromatic nitrogens is 1. The SMILES string of the molecule is NC(=O)c1ccc(CCNC(=O)CCc2c[nH]c3ccccc23)cc1. The second-order valence-corrected chi connectivity index (χ2v) is 6.02.